The van der Waals surface area contributed by atoms with E-state index >= 15 is 0 Å². The molecular weight excluding hydrogens is 360 g/mol. The van der Waals surface area contributed by atoms with Gasteiger partial charge in [-0.15, -0.1) is 0 Å². The van der Waals surface area contributed by atoms with Crippen LogP contribution in [0.4, 0.5) is 0 Å². The van der Waals surface area contributed by atoms with E-state index in [0.717, 1.165) is 28.9 Å². The molecule has 0 N–H and O–H groups in total. The van der Waals surface area contributed by atoms with Gasteiger partial charge in [0.15, 0.2) is 23.0 Å². The molecule has 0 radical (unpaired) electrons. The van der Waals surface area contributed by atoms with Crippen molar-refractivity contribution in [3.63, 3.8) is 0 Å². The minimum absolute atomic E-state index is 0.00971. The molecule has 0 heterocycles. The molecule has 150 valence electrons. The lowest BCUT2D eigenvalue weighted by atomic mass is 9.80. The van der Waals surface area contributed by atoms with Crippen molar-refractivity contribution in [3.05, 3.63) is 41.0 Å². The minimum Gasteiger partial charge on any atom is -0.496 e. The van der Waals surface area contributed by atoms with Crippen LogP contribution >= 0.6 is 0 Å². The fraction of sp³-hybridized carbons (Fsp3) is 0.364. The highest BCUT2D eigenvalue weighted by molar-refractivity contribution is 5.72. The summed E-state index contributed by atoms with van der Waals surface area (Å²) >= 11 is 0. The van der Waals surface area contributed by atoms with Crippen LogP contribution in [0, 0.1) is 0 Å². The van der Waals surface area contributed by atoms with Crippen molar-refractivity contribution < 1.29 is 28.4 Å². The lowest BCUT2D eigenvalue weighted by Crippen LogP contribution is -2.11. The summed E-state index contributed by atoms with van der Waals surface area (Å²) in [5.74, 6) is 3.84. The van der Waals surface area contributed by atoms with Gasteiger partial charge in [-0.3, -0.25) is 0 Å². The largest absolute Gasteiger partial charge is 0.496 e. The maximum absolute atomic E-state index is 5.77. The van der Waals surface area contributed by atoms with Gasteiger partial charge in [-0.25, -0.2) is 0 Å². The summed E-state index contributed by atoms with van der Waals surface area (Å²) in [6, 6.07) is 5.77. The smallest absolute Gasteiger partial charge is 0.203 e. The van der Waals surface area contributed by atoms with Gasteiger partial charge in [-0.05, 0) is 24.1 Å². The molecule has 0 aromatic heterocycles. The summed E-state index contributed by atoms with van der Waals surface area (Å²) in [6.07, 6.45) is 4.99. The maximum Gasteiger partial charge on any atom is 0.203 e. The molecular formula is C22H26O6. The van der Waals surface area contributed by atoms with Crippen LogP contribution in [0.25, 0.3) is 6.08 Å². The Morgan fingerprint density at radius 3 is 1.82 bits per heavy atom. The molecule has 0 saturated carbocycles. The van der Waals surface area contributed by atoms with E-state index in [2.05, 4.69) is 12.2 Å². The van der Waals surface area contributed by atoms with Gasteiger partial charge >= 0.3 is 0 Å². The van der Waals surface area contributed by atoms with Gasteiger partial charge in [0.05, 0.1) is 42.7 Å². The number of methoxy groups -OCH3 is 6. The van der Waals surface area contributed by atoms with E-state index in [-0.39, 0.29) is 5.92 Å². The Bertz CT molecular complexity index is 887. The molecule has 28 heavy (non-hydrogen) atoms. The lowest BCUT2D eigenvalue weighted by molar-refractivity contribution is 0.320. The SMILES string of the molecule is COc1cc(OC)c(C2CC=Cc3cc(OC)c(OC)c(OC)c32)cc1OC. The van der Waals surface area contributed by atoms with E-state index in [0.29, 0.717) is 28.7 Å². The molecule has 6 heteroatoms. The second-order valence-electron chi connectivity index (χ2n) is 6.29. The number of allylic oxidation sites excluding steroid dienone is 1. The minimum atomic E-state index is -0.00971. The highest BCUT2D eigenvalue weighted by Gasteiger charge is 2.30. The molecule has 0 spiro atoms. The second-order valence-corrected chi connectivity index (χ2v) is 6.29. The quantitative estimate of drug-likeness (QED) is 0.708. The first kappa shape index (κ1) is 19.7. The van der Waals surface area contributed by atoms with Crippen molar-refractivity contribution in [1.82, 2.24) is 0 Å². The predicted octanol–water partition coefficient (Wildman–Crippen LogP) is 4.29. The monoisotopic (exact) mass is 386 g/mol. The van der Waals surface area contributed by atoms with Gasteiger partial charge < -0.3 is 28.4 Å². The molecule has 1 unspecified atom stereocenters. The average Bonchev–Trinajstić information content (AvgIpc) is 2.75. The lowest BCUT2D eigenvalue weighted by Gasteiger charge is -2.28. The van der Waals surface area contributed by atoms with Crippen molar-refractivity contribution in [1.29, 1.82) is 0 Å². The topological polar surface area (TPSA) is 55.4 Å². The van der Waals surface area contributed by atoms with Crippen LogP contribution in [-0.4, -0.2) is 42.7 Å². The molecule has 6 nitrogen and oxygen atoms in total. The van der Waals surface area contributed by atoms with Crippen molar-refractivity contribution >= 4 is 6.08 Å². The zero-order valence-corrected chi connectivity index (χ0v) is 17.1. The van der Waals surface area contributed by atoms with E-state index in [9.17, 15) is 0 Å². The van der Waals surface area contributed by atoms with Crippen LogP contribution in [-0.2, 0) is 0 Å². The van der Waals surface area contributed by atoms with Crippen LogP contribution in [0.1, 0.15) is 29.0 Å². The Balaban J connectivity index is 2.27. The zero-order valence-electron chi connectivity index (χ0n) is 17.1. The molecule has 2 aromatic carbocycles. The summed E-state index contributed by atoms with van der Waals surface area (Å²) in [5, 5.41) is 0. The van der Waals surface area contributed by atoms with Crippen LogP contribution < -0.4 is 28.4 Å². The summed E-state index contributed by atoms with van der Waals surface area (Å²) in [5.41, 5.74) is 3.02. The fourth-order valence-corrected chi connectivity index (χ4v) is 3.75. The highest BCUT2D eigenvalue weighted by atomic mass is 16.5. The Hall–Kier alpha value is -3.02. The van der Waals surface area contributed by atoms with E-state index in [1.807, 2.05) is 18.2 Å². The average molecular weight is 386 g/mol. The van der Waals surface area contributed by atoms with Gasteiger partial charge in [-0.2, -0.15) is 0 Å². The van der Waals surface area contributed by atoms with Gasteiger partial charge in [0, 0.05) is 23.1 Å². The molecule has 0 bridgehead atoms. The zero-order chi connectivity index (χ0) is 20.3. The summed E-state index contributed by atoms with van der Waals surface area (Å²) in [6.45, 7) is 0. The Labute approximate surface area is 165 Å². The second kappa shape index (κ2) is 8.33. The van der Waals surface area contributed by atoms with E-state index in [4.69, 9.17) is 28.4 Å². The third-order valence-corrected chi connectivity index (χ3v) is 5.03. The Morgan fingerprint density at radius 1 is 0.643 bits per heavy atom. The number of hydrogen-bond donors (Lipinski definition) is 0. The summed E-state index contributed by atoms with van der Waals surface area (Å²) in [7, 11) is 9.74. The first-order valence-electron chi connectivity index (χ1n) is 8.92. The molecule has 0 fully saturated rings. The fourth-order valence-electron chi connectivity index (χ4n) is 3.75. The normalized spacial score (nSPS) is 14.9. The molecule has 1 atom stereocenters. The van der Waals surface area contributed by atoms with Crippen molar-refractivity contribution in [2.24, 2.45) is 0 Å². The Morgan fingerprint density at radius 2 is 1.25 bits per heavy atom. The predicted molar refractivity (Wildman–Crippen MR) is 108 cm³/mol. The number of fused-ring (bicyclic) bond motifs is 1. The van der Waals surface area contributed by atoms with E-state index < -0.39 is 0 Å². The van der Waals surface area contributed by atoms with Gasteiger partial charge in [0.2, 0.25) is 5.75 Å². The van der Waals surface area contributed by atoms with Crippen LogP contribution in [0.2, 0.25) is 0 Å². The first-order chi connectivity index (χ1) is 13.6. The van der Waals surface area contributed by atoms with Crippen molar-refractivity contribution in [2.75, 3.05) is 42.7 Å². The summed E-state index contributed by atoms with van der Waals surface area (Å²) in [4.78, 5) is 0. The van der Waals surface area contributed by atoms with Gasteiger partial charge in [0.25, 0.3) is 0 Å². The molecule has 2 aromatic rings. The number of benzene rings is 2. The van der Waals surface area contributed by atoms with Crippen LogP contribution in [0.3, 0.4) is 0 Å². The third-order valence-electron chi connectivity index (χ3n) is 5.03. The van der Waals surface area contributed by atoms with Crippen LogP contribution in [0.5, 0.6) is 34.5 Å². The van der Waals surface area contributed by atoms with Crippen molar-refractivity contribution in [3.8, 4) is 34.5 Å². The van der Waals surface area contributed by atoms with Gasteiger partial charge in [-0.1, -0.05) is 12.2 Å². The number of rotatable bonds is 7. The molecule has 0 amide bonds. The molecule has 0 aliphatic heterocycles. The maximum atomic E-state index is 5.77. The molecule has 1 aliphatic rings. The molecule has 1 aliphatic carbocycles. The van der Waals surface area contributed by atoms with E-state index in [1.165, 1.54) is 0 Å². The first-order valence-corrected chi connectivity index (χ1v) is 8.92. The van der Waals surface area contributed by atoms with Crippen molar-refractivity contribution in [2.45, 2.75) is 12.3 Å². The number of ether oxygens (including phenoxy) is 6. The Kier molecular flexibility index (Phi) is 5.87. The van der Waals surface area contributed by atoms with Gasteiger partial charge in [0.1, 0.15) is 5.75 Å². The van der Waals surface area contributed by atoms with E-state index in [1.54, 1.807) is 42.7 Å². The highest BCUT2D eigenvalue weighted by Crippen LogP contribution is 2.51. The summed E-state index contributed by atoms with van der Waals surface area (Å²) < 4.78 is 33.5. The standard InChI is InChI=1S/C22H26O6/c1-23-16-12-18(25-3)17(24-2)11-15(16)14-9-7-8-13-10-19(26-4)21(27-5)22(28-6)20(13)14/h7-8,10-12,14H,9H2,1-6H3. The number of hydrogen-bond acceptors (Lipinski definition) is 6. The molecule has 3 rings (SSSR count). The molecule has 0 saturated heterocycles. The third kappa shape index (κ3) is 3.19. The van der Waals surface area contributed by atoms with Crippen LogP contribution in [0.15, 0.2) is 24.3 Å².